The molecule has 0 atom stereocenters. The quantitative estimate of drug-likeness (QED) is 0.146. The van der Waals surface area contributed by atoms with Crippen LogP contribution in [-0.4, -0.2) is 19.5 Å². The van der Waals surface area contributed by atoms with Crippen LogP contribution >= 0.6 is 11.3 Å². The molecular weight excluding hydrogens is 765 g/mol. The lowest BCUT2D eigenvalue weighted by molar-refractivity contribution is 0.668. The fourth-order valence-electron chi connectivity index (χ4n) is 9.33. The van der Waals surface area contributed by atoms with E-state index >= 15 is 0 Å². The summed E-state index contributed by atoms with van der Waals surface area (Å²) in [5, 5.41) is 7.48. The Bertz CT molecular complexity index is 3490. The molecule has 5 nitrogen and oxygen atoms in total. The van der Waals surface area contributed by atoms with Gasteiger partial charge in [0.05, 0.1) is 22.1 Å². The van der Waals surface area contributed by atoms with Gasteiger partial charge in [-0.2, -0.15) is 0 Å². The van der Waals surface area contributed by atoms with Crippen molar-refractivity contribution in [2.75, 3.05) is 0 Å². The van der Waals surface area contributed by atoms with Crippen LogP contribution < -0.4 is 0 Å². The Morgan fingerprint density at radius 3 is 1.80 bits per heavy atom. The van der Waals surface area contributed by atoms with Gasteiger partial charge in [-0.3, -0.25) is 0 Å². The molecule has 0 radical (unpaired) electrons. The van der Waals surface area contributed by atoms with Crippen molar-refractivity contribution in [2.24, 2.45) is 0 Å². The lowest BCUT2D eigenvalue weighted by atomic mass is 9.97. The van der Waals surface area contributed by atoms with Crippen molar-refractivity contribution in [3.63, 3.8) is 0 Å². The van der Waals surface area contributed by atoms with Gasteiger partial charge in [-0.05, 0) is 84.5 Å². The predicted octanol–water partition coefficient (Wildman–Crippen LogP) is 14.3. The summed E-state index contributed by atoms with van der Waals surface area (Å²) in [6, 6.07) is 64.5. The van der Waals surface area contributed by atoms with Gasteiger partial charge in [-0.1, -0.05) is 133 Å². The van der Waals surface area contributed by atoms with Crippen molar-refractivity contribution < 1.29 is 4.42 Å². The van der Waals surface area contributed by atoms with E-state index in [1.54, 1.807) is 0 Å². The minimum atomic E-state index is 0.606. The van der Waals surface area contributed by atoms with Gasteiger partial charge in [0.2, 0.25) is 0 Å². The van der Waals surface area contributed by atoms with Gasteiger partial charge < -0.3 is 8.98 Å². The number of para-hydroxylation sites is 2. The van der Waals surface area contributed by atoms with Crippen LogP contribution in [0, 0.1) is 0 Å². The minimum absolute atomic E-state index is 0.606. The third kappa shape index (κ3) is 6.18. The number of furan rings is 1. The van der Waals surface area contributed by atoms with E-state index < -0.39 is 0 Å². The summed E-state index contributed by atoms with van der Waals surface area (Å²) in [5.41, 5.74) is 11.2. The molecule has 0 unspecified atom stereocenters. The first-order chi connectivity index (χ1) is 30.2. The number of hydrogen-bond donors (Lipinski definition) is 0. The lowest BCUT2D eigenvalue weighted by Crippen LogP contribution is -2.04. The number of hydrogen-bond acceptors (Lipinski definition) is 5. The van der Waals surface area contributed by atoms with E-state index in [9.17, 15) is 0 Å². The van der Waals surface area contributed by atoms with Crippen LogP contribution in [0.1, 0.15) is 28.9 Å². The van der Waals surface area contributed by atoms with E-state index in [-0.39, 0.29) is 0 Å². The second kappa shape index (κ2) is 14.7. The molecule has 6 heteroatoms. The Labute approximate surface area is 356 Å². The first-order valence-corrected chi connectivity index (χ1v) is 21.8. The van der Waals surface area contributed by atoms with Crippen molar-refractivity contribution in [2.45, 2.75) is 25.7 Å². The SMILES string of the molecule is c1ccc(-c2nc(Cc3cccc4sc5ccc(CCCc6cccc7oc8cccc(-n9c%10ccccc%10c%10ccccc%109)c8c67)cc5c34)nc(-c3ccccc3)n2)cc1. The molecule has 0 aliphatic rings. The molecule has 0 aliphatic carbocycles. The molecule has 290 valence electrons. The largest absolute Gasteiger partial charge is 0.456 e. The number of rotatable bonds is 9. The Morgan fingerprint density at radius 2 is 1.08 bits per heavy atom. The average molecular weight is 803 g/mol. The fraction of sp³-hybridized carbons (Fsp3) is 0.0727. The highest BCUT2D eigenvalue weighted by molar-refractivity contribution is 7.25. The second-order valence-corrected chi connectivity index (χ2v) is 16.9. The highest BCUT2D eigenvalue weighted by Crippen LogP contribution is 2.41. The molecule has 12 rings (SSSR count). The van der Waals surface area contributed by atoms with Crippen molar-refractivity contribution >= 4 is 75.3 Å². The molecule has 0 saturated heterocycles. The molecule has 0 fully saturated rings. The van der Waals surface area contributed by atoms with Crippen molar-refractivity contribution in [3.05, 3.63) is 205 Å². The van der Waals surface area contributed by atoms with Gasteiger partial charge in [-0.25, -0.2) is 15.0 Å². The average Bonchev–Trinajstić information content (AvgIpc) is 4.00. The van der Waals surface area contributed by atoms with E-state index in [0.29, 0.717) is 18.1 Å². The standard InChI is InChI=1S/C55H38N4OS/c1-3-16-37(17-4-1)54-56-50(57-55(58-54)38-18-5-2-6-19-38)34-39-22-13-30-49-51(39)42-33-35(31-32-48(42)61-49)15-11-20-36-21-12-28-46-52(36)53-45(27-14-29-47(53)60-46)59-43-25-9-7-23-40(43)41-24-8-10-26-44(41)59/h1-10,12-14,16-19,21-33H,11,15,20,34H2. The van der Waals surface area contributed by atoms with E-state index in [4.69, 9.17) is 19.4 Å². The molecule has 8 aromatic carbocycles. The van der Waals surface area contributed by atoms with E-state index in [0.717, 1.165) is 53.1 Å². The molecular formula is C55H38N4OS. The molecule has 12 aromatic rings. The van der Waals surface area contributed by atoms with Gasteiger partial charge in [0.1, 0.15) is 17.0 Å². The number of nitrogens with zero attached hydrogens (tertiary/aromatic N) is 4. The van der Waals surface area contributed by atoms with Gasteiger partial charge in [-0.15, -0.1) is 11.3 Å². The van der Waals surface area contributed by atoms with Crippen LogP contribution in [0.5, 0.6) is 0 Å². The molecule has 4 aromatic heterocycles. The van der Waals surface area contributed by atoms with Crippen LogP contribution in [0.4, 0.5) is 0 Å². The van der Waals surface area contributed by atoms with Crippen molar-refractivity contribution in [1.29, 1.82) is 0 Å². The Balaban J connectivity index is 0.882. The topological polar surface area (TPSA) is 56.7 Å². The fourth-order valence-corrected chi connectivity index (χ4v) is 10.5. The number of aromatic nitrogens is 4. The third-order valence-corrected chi connectivity index (χ3v) is 13.2. The number of aryl methyl sites for hydroxylation is 2. The molecule has 0 saturated carbocycles. The van der Waals surface area contributed by atoms with Gasteiger partial charge in [0, 0.05) is 53.9 Å². The zero-order valence-electron chi connectivity index (χ0n) is 33.3. The minimum Gasteiger partial charge on any atom is -0.456 e. The van der Waals surface area contributed by atoms with E-state index in [2.05, 4.69) is 150 Å². The molecule has 0 bridgehead atoms. The normalized spacial score (nSPS) is 11.9. The first kappa shape index (κ1) is 35.5. The maximum absolute atomic E-state index is 6.59. The smallest absolute Gasteiger partial charge is 0.163 e. The summed E-state index contributed by atoms with van der Waals surface area (Å²) >= 11 is 1.86. The van der Waals surface area contributed by atoms with Gasteiger partial charge in [0.15, 0.2) is 11.6 Å². The number of thiophene rings is 1. The maximum atomic E-state index is 6.59. The molecule has 0 N–H and O–H groups in total. The van der Waals surface area contributed by atoms with Crippen LogP contribution in [0.25, 0.3) is 92.4 Å². The van der Waals surface area contributed by atoms with Crippen LogP contribution in [0.2, 0.25) is 0 Å². The van der Waals surface area contributed by atoms with E-state index in [1.165, 1.54) is 69.4 Å². The highest BCUT2D eigenvalue weighted by Gasteiger charge is 2.20. The van der Waals surface area contributed by atoms with Crippen molar-refractivity contribution in [1.82, 2.24) is 19.5 Å². The number of fused-ring (bicyclic) bond motifs is 9. The summed E-state index contributed by atoms with van der Waals surface area (Å²) in [7, 11) is 0. The van der Waals surface area contributed by atoms with Crippen LogP contribution in [0.3, 0.4) is 0 Å². The van der Waals surface area contributed by atoms with Crippen LogP contribution in [0.15, 0.2) is 186 Å². The van der Waals surface area contributed by atoms with Crippen LogP contribution in [-0.2, 0) is 19.3 Å². The summed E-state index contributed by atoms with van der Waals surface area (Å²) in [4.78, 5) is 15.0. The summed E-state index contributed by atoms with van der Waals surface area (Å²) in [6.45, 7) is 0. The Hall–Kier alpha value is -7.41. The Morgan fingerprint density at radius 1 is 0.459 bits per heavy atom. The third-order valence-electron chi connectivity index (χ3n) is 12.1. The Kier molecular flexibility index (Phi) is 8.56. The summed E-state index contributed by atoms with van der Waals surface area (Å²) in [5.74, 6) is 2.14. The second-order valence-electron chi connectivity index (χ2n) is 15.8. The first-order valence-electron chi connectivity index (χ1n) is 20.9. The summed E-state index contributed by atoms with van der Waals surface area (Å²) < 4.78 is 11.6. The lowest BCUT2D eigenvalue weighted by Gasteiger charge is -2.11. The van der Waals surface area contributed by atoms with Gasteiger partial charge >= 0.3 is 0 Å². The number of benzene rings is 8. The molecule has 61 heavy (non-hydrogen) atoms. The molecule has 0 aliphatic heterocycles. The summed E-state index contributed by atoms with van der Waals surface area (Å²) in [6.07, 6.45) is 3.53. The molecule has 4 heterocycles. The molecule has 0 spiro atoms. The van der Waals surface area contributed by atoms with Gasteiger partial charge in [0.25, 0.3) is 0 Å². The zero-order valence-corrected chi connectivity index (χ0v) is 34.1. The van der Waals surface area contributed by atoms with Crippen molar-refractivity contribution in [3.8, 4) is 28.5 Å². The van der Waals surface area contributed by atoms with E-state index in [1.807, 2.05) is 47.7 Å². The maximum Gasteiger partial charge on any atom is 0.163 e. The highest BCUT2D eigenvalue weighted by atomic mass is 32.1. The predicted molar refractivity (Wildman–Crippen MR) is 253 cm³/mol. The zero-order chi connectivity index (χ0) is 40.3. The molecule has 0 amide bonds. The monoisotopic (exact) mass is 802 g/mol.